The van der Waals surface area contributed by atoms with Gasteiger partial charge in [-0.15, -0.1) is 0 Å². The van der Waals surface area contributed by atoms with Crippen LogP contribution in [0.4, 0.5) is 0 Å². The summed E-state index contributed by atoms with van der Waals surface area (Å²) >= 11 is 0. The molecule has 21 heavy (non-hydrogen) atoms. The molecule has 0 radical (unpaired) electrons. The van der Waals surface area contributed by atoms with Crippen LogP contribution in [0.3, 0.4) is 0 Å². The summed E-state index contributed by atoms with van der Waals surface area (Å²) in [4.78, 5) is 34.2. The van der Waals surface area contributed by atoms with Crippen molar-refractivity contribution in [3.63, 3.8) is 0 Å². The largest absolute Gasteiger partial charge is 0.481 e. The van der Waals surface area contributed by atoms with Gasteiger partial charge in [0, 0.05) is 5.57 Å². The van der Waals surface area contributed by atoms with E-state index in [1.807, 2.05) is 13.0 Å². The number of allylic oxidation sites excluding steroid dienone is 1. The molecule has 0 saturated heterocycles. The van der Waals surface area contributed by atoms with E-state index in [4.69, 9.17) is 14.6 Å². The molecule has 3 atom stereocenters. The molecule has 3 unspecified atom stereocenters. The van der Waals surface area contributed by atoms with Gasteiger partial charge < -0.3 is 14.6 Å². The third-order valence-electron chi connectivity index (χ3n) is 3.20. The Bertz CT molecular complexity index is 465. The van der Waals surface area contributed by atoms with Crippen molar-refractivity contribution in [2.75, 3.05) is 13.2 Å². The normalized spacial score (nSPS) is 24.2. The Morgan fingerprint density at radius 3 is 2.43 bits per heavy atom. The topological polar surface area (TPSA) is 89.9 Å². The number of ether oxygens (including phenoxy) is 2. The van der Waals surface area contributed by atoms with Gasteiger partial charge in [-0.3, -0.25) is 9.59 Å². The predicted molar refractivity (Wildman–Crippen MR) is 74.3 cm³/mol. The molecule has 0 heterocycles. The van der Waals surface area contributed by atoms with Crippen LogP contribution in [0, 0.1) is 17.8 Å². The molecule has 0 fully saturated rings. The maximum Gasteiger partial charge on any atom is 0.333 e. The molecule has 0 aliphatic heterocycles. The number of esters is 2. The molecule has 1 rings (SSSR count). The average molecular weight is 296 g/mol. The number of hydrogen-bond acceptors (Lipinski definition) is 5. The molecule has 6 nitrogen and oxygen atoms in total. The van der Waals surface area contributed by atoms with E-state index in [-0.39, 0.29) is 24.7 Å². The maximum absolute atomic E-state index is 11.9. The zero-order valence-electron chi connectivity index (χ0n) is 12.2. The van der Waals surface area contributed by atoms with E-state index in [1.165, 1.54) is 6.92 Å². The molecular formula is C15H20O6. The summed E-state index contributed by atoms with van der Waals surface area (Å²) in [6.07, 6.45) is 3.79. The Morgan fingerprint density at radius 2 is 1.86 bits per heavy atom. The first-order chi connectivity index (χ1) is 9.82. The molecule has 0 aromatic carbocycles. The fourth-order valence-electron chi connectivity index (χ4n) is 2.06. The van der Waals surface area contributed by atoms with E-state index in [0.29, 0.717) is 6.42 Å². The molecule has 0 aromatic heterocycles. The van der Waals surface area contributed by atoms with Crippen LogP contribution < -0.4 is 0 Å². The number of carbonyl (C=O) groups is 3. The van der Waals surface area contributed by atoms with Gasteiger partial charge in [0.05, 0.1) is 11.8 Å². The third kappa shape index (κ3) is 5.06. The van der Waals surface area contributed by atoms with Crippen LogP contribution in [-0.2, 0) is 23.9 Å². The van der Waals surface area contributed by atoms with Gasteiger partial charge in [-0.05, 0) is 19.3 Å². The van der Waals surface area contributed by atoms with Gasteiger partial charge in [-0.1, -0.05) is 25.7 Å². The van der Waals surface area contributed by atoms with Gasteiger partial charge in [0.25, 0.3) is 0 Å². The molecule has 0 spiro atoms. The highest BCUT2D eigenvalue weighted by atomic mass is 16.6. The number of rotatable bonds is 6. The maximum atomic E-state index is 11.9. The Morgan fingerprint density at radius 1 is 1.24 bits per heavy atom. The highest BCUT2D eigenvalue weighted by Crippen LogP contribution is 2.29. The number of aliphatic carboxylic acids is 1. The molecule has 0 amide bonds. The van der Waals surface area contributed by atoms with E-state index in [0.717, 1.165) is 0 Å². The highest BCUT2D eigenvalue weighted by molar-refractivity contribution is 5.87. The lowest BCUT2D eigenvalue weighted by molar-refractivity contribution is -0.158. The molecule has 6 heteroatoms. The molecule has 0 aromatic rings. The van der Waals surface area contributed by atoms with Gasteiger partial charge >= 0.3 is 17.9 Å². The van der Waals surface area contributed by atoms with Crippen molar-refractivity contribution in [2.24, 2.45) is 17.8 Å². The standard InChI is InChI=1S/C15H20O6/c1-9(2)14(18)20-6-7-21-15(19)11-5-4-10(3)8-12(11)13(16)17/h4-5,10-12H,1,6-8H2,2-3H3,(H,16,17). The van der Waals surface area contributed by atoms with Crippen molar-refractivity contribution in [1.29, 1.82) is 0 Å². The molecule has 1 aliphatic rings. The molecule has 0 saturated carbocycles. The van der Waals surface area contributed by atoms with Crippen LogP contribution in [0.1, 0.15) is 20.3 Å². The summed E-state index contributed by atoms with van der Waals surface area (Å²) in [7, 11) is 0. The lowest BCUT2D eigenvalue weighted by atomic mass is 9.79. The Balaban J connectivity index is 2.47. The Labute approximate surface area is 123 Å². The van der Waals surface area contributed by atoms with Crippen LogP contribution >= 0.6 is 0 Å². The van der Waals surface area contributed by atoms with Crippen LogP contribution in [0.15, 0.2) is 24.3 Å². The van der Waals surface area contributed by atoms with Gasteiger partial charge in [-0.2, -0.15) is 0 Å². The van der Waals surface area contributed by atoms with Crippen molar-refractivity contribution in [2.45, 2.75) is 20.3 Å². The Hall–Kier alpha value is -2.11. The minimum atomic E-state index is -1.01. The van der Waals surface area contributed by atoms with Gasteiger partial charge in [0.2, 0.25) is 0 Å². The van der Waals surface area contributed by atoms with Crippen LogP contribution in [0.5, 0.6) is 0 Å². The van der Waals surface area contributed by atoms with Crippen molar-refractivity contribution in [1.82, 2.24) is 0 Å². The zero-order chi connectivity index (χ0) is 16.0. The van der Waals surface area contributed by atoms with Crippen molar-refractivity contribution in [3.05, 3.63) is 24.3 Å². The van der Waals surface area contributed by atoms with Crippen molar-refractivity contribution >= 4 is 17.9 Å². The SMILES string of the molecule is C=C(C)C(=O)OCCOC(=O)C1C=CC(C)CC1C(=O)O. The van der Waals surface area contributed by atoms with Gasteiger partial charge in [0.15, 0.2) is 0 Å². The number of hydrogen-bond donors (Lipinski definition) is 1. The molecule has 116 valence electrons. The van der Waals surface area contributed by atoms with E-state index in [9.17, 15) is 14.4 Å². The Kier molecular flexibility index (Phi) is 6.14. The summed E-state index contributed by atoms with van der Waals surface area (Å²) < 4.78 is 9.75. The second-order valence-electron chi connectivity index (χ2n) is 5.15. The van der Waals surface area contributed by atoms with Gasteiger partial charge in [0.1, 0.15) is 13.2 Å². The smallest absolute Gasteiger partial charge is 0.333 e. The number of carboxylic acids is 1. The van der Waals surface area contributed by atoms with E-state index in [2.05, 4.69) is 6.58 Å². The van der Waals surface area contributed by atoms with E-state index < -0.39 is 29.7 Å². The monoisotopic (exact) mass is 296 g/mol. The predicted octanol–water partition coefficient (Wildman–Crippen LogP) is 1.56. The lowest BCUT2D eigenvalue weighted by Crippen LogP contribution is -2.34. The summed E-state index contributed by atoms with van der Waals surface area (Å²) in [5.41, 5.74) is 0.261. The molecule has 1 aliphatic carbocycles. The summed E-state index contributed by atoms with van der Waals surface area (Å²) in [6, 6.07) is 0. The second kappa shape index (κ2) is 7.61. The summed E-state index contributed by atoms with van der Waals surface area (Å²) in [6.45, 7) is 6.64. The zero-order valence-corrected chi connectivity index (χ0v) is 12.2. The van der Waals surface area contributed by atoms with E-state index >= 15 is 0 Å². The molecule has 0 bridgehead atoms. The van der Waals surface area contributed by atoms with Crippen molar-refractivity contribution in [3.8, 4) is 0 Å². The van der Waals surface area contributed by atoms with Crippen LogP contribution in [-0.4, -0.2) is 36.2 Å². The number of carbonyl (C=O) groups excluding carboxylic acids is 2. The fourth-order valence-corrected chi connectivity index (χ4v) is 2.06. The van der Waals surface area contributed by atoms with Crippen molar-refractivity contribution < 1.29 is 29.0 Å². The van der Waals surface area contributed by atoms with E-state index in [1.54, 1.807) is 6.08 Å². The fraction of sp³-hybridized carbons (Fsp3) is 0.533. The number of carboxylic acid groups (broad SMARTS) is 1. The molecule has 1 N–H and O–H groups in total. The minimum Gasteiger partial charge on any atom is -0.481 e. The van der Waals surface area contributed by atoms with Gasteiger partial charge in [-0.25, -0.2) is 4.79 Å². The summed E-state index contributed by atoms with van der Waals surface area (Å²) in [5, 5.41) is 9.16. The minimum absolute atomic E-state index is 0.0813. The van der Waals surface area contributed by atoms with Crippen LogP contribution in [0.2, 0.25) is 0 Å². The first kappa shape index (κ1) is 16.9. The second-order valence-corrected chi connectivity index (χ2v) is 5.15. The summed E-state index contributed by atoms with van der Waals surface area (Å²) in [5.74, 6) is -3.64. The first-order valence-corrected chi connectivity index (χ1v) is 6.73. The highest BCUT2D eigenvalue weighted by Gasteiger charge is 2.36. The quantitative estimate of drug-likeness (QED) is 0.346. The third-order valence-corrected chi connectivity index (χ3v) is 3.20. The molecular weight excluding hydrogens is 276 g/mol. The van der Waals surface area contributed by atoms with Crippen LogP contribution in [0.25, 0.3) is 0 Å². The lowest BCUT2D eigenvalue weighted by Gasteiger charge is -2.25. The first-order valence-electron chi connectivity index (χ1n) is 6.73. The average Bonchev–Trinajstić information content (AvgIpc) is 2.42.